The number of halogens is 2. The highest BCUT2D eigenvalue weighted by atomic mass is 35.5. The molecule has 0 aliphatic carbocycles. The second kappa shape index (κ2) is 4.28. The van der Waals surface area contributed by atoms with E-state index in [1.54, 1.807) is 25.3 Å². The molecule has 0 aromatic heterocycles. The third kappa shape index (κ3) is 2.74. The van der Waals surface area contributed by atoms with Crippen molar-refractivity contribution >= 4 is 17.7 Å². The van der Waals surface area contributed by atoms with E-state index in [2.05, 4.69) is 0 Å². The minimum atomic E-state index is -0.408. The van der Waals surface area contributed by atoms with Gasteiger partial charge in [0.15, 0.2) is 0 Å². The fourth-order valence-electron chi connectivity index (χ4n) is 0.896. The molecule has 0 heterocycles. The Balaban J connectivity index is 2.98. The summed E-state index contributed by atoms with van der Waals surface area (Å²) in [6.07, 6.45) is 1.78. The summed E-state index contributed by atoms with van der Waals surface area (Å²) >= 11 is 5.60. The monoisotopic (exact) mass is 200 g/mol. The van der Waals surface area contributed by atoms with Crippen LogP contribution in [0.4, 0.5) is 4.39 Å². The lowest BCUT2D eigenvalue weighted by atomic mass is 10.2. The van der Waals surface area contributed by atoms with Crippen LogP contribution in [0.1, 0.15) is 12.5 Å². The van der Waals surface area contributed by atoms with Crippen LogP contribution in [0, 0.1) is 5.82 Å². The van der Waals surface area contributed by atoms with Crippen LogP contribution in [0.5, 0.6) is 0 Å². The third-order valence-electron chi connectivity index (χ3n) is 1.64. The summed E-state index contributed by atoms with van der Waals surface area (Å²) in [5.74, 6) is 0.344. The standard InChI is InChI=1S/C10H10ClFO/c1-7(13-2)5-8-3-4-10(12)9(11)6-8/h3-6H,1-2H3/b7-5-. The van der Waals surface area contributed by atoms with Crippen LogP contribution >= 0.6 is 11.6 Å². The Bertz CT molecular complexity index is 334. The molecule has 0 aliphatic rings. The van der Waals surface area contributed by atoms with Crippen molar-refractivity contribution in [3.05, 3.63) is 40.4 Å². The fourth-order valence-corrected chi connectivity index (χ4v) is 1.08. The Hall–Kier alpha value is -1.02. The van der Waals surface area contributed by atoms with Gasteiger partial charge in [-0.15, -0.1) is 0 Å². The van der Waals surface area contributed by atoms with Gasteiger partial charge in [0.2, 0.25) is 0 Å². The van der Waals surface area contributed by atoms with Crippen LogP contribution in [0.2, 0.25) is 5.02 Å². The molecule has 0 bridgehead atoms. The van der Waals surface area contributed by atoms with Gasteiger partial charge in [-0.05, 0) is 30.7 Å². The number of rotatable bonds is 2. The van der Waals surface area contributed by atoms with Crippen LogP contribution in [0.15, 0.2) is 24.0 Å². The second-order valence-electron chi connectivity index (χ2n) is 2.63. The second-order valence-corrected chi connectivity index (χ2v) is 3.04. The van der Waals surface area contributed by atoms with Crippen molar-refractivity contribution < 1.29 is 9.13 Å². The van der Waals surface area contributed by atoms with Gasteiger partial charge in [0, 0.05) is 0 Å². The van der Waals surface area contributed by atoms with E-state index in [1.807, 2.05) is 6.92 Å². The van der Waals surface area contributed by atoms with Crippen molar-refractivity contribution in [3.8, 4) is 0 Å². The molecule has 0 saturated carbocycles. The maximum Gasteiger partial charge on any atom is 0.141 e. The van der Waals surface area contributed by atoms with Gasteiger partial charge >= 0.3 is 0 Å². The number of methoxy groups -OCH3 is 1. The van der Waals surface area contributed by atoms with Crippen molar-refractivity contribution in [1.29, 1.82) is 0 Å². The van der Waals surface area contributed by atoms with Crippen molar-refractivity contribution in [3.63, 3.8) is 0 Å². The van der Waals surface area contributed by atoms with Crippen molar-refractivity contribution in [2.75, 3.05) is 7.11 Å². The Morgan fingerprint density at radius 1 is 1.54 bits per heavy atom. The summed E-state index contributed by atoms with van der Waals surface area (Å²) < 4.78 is 17.7. The van der Waals surface area contributed by atoms with E-state index in [1.165, 1.54) is 6.07 Å². The van der Waals surface area contributed by atoms with Gasteiger partial charge < -0.3 is 4.74 Å². The summed E-state index contributed by atoms with van der Waals surface area (Å²) in [4.78, 5) is 0. The molecule has 1 aromatic rings. The molecule has 1 aromatic carbocycles. The molecule has 3 heteroatoms. The smallest absolute Gasteiger partial charge is 0.141 e. The zero-order chi connectivity index (χ0) is 9.84. The van der Waals surface area contributed by atoms with E-state index in [0.717, 1.165) is 11.3 Å². The SMILES string of the molecule is CO/C(C)=C\c1ccc(F)c(Cl)c1. The lowest BCUT2D eigenvalue weighted by Crippen LogP contribution is -1.82. The predicted octanol–water partition coefficient (Wildman–Crippen LogP) is 3.49. The Morgan fingerprint density at radius 3 is 2.77 bits per heavy atom. The van der Waals surface area contributed by atoms with E-state index < -0.39 is 5.82 Å². The highest BCUT2D eigenvalue weighted by Crippen LogP contribution is 2.17. The quantitative estimate of drug-likeness (QED) is 0.664. The molecule has 0 unspecified atom stereocenters. The first-order valence-electron chi connectivity index (χ1n) is 3.81. The highest BCUT2D eigenvalue weighted by molar-refractivity contribution is 6.30. The molecule has 0 atom stereocenters. The van der Waals surface area contributed by atoms with E-state index in [4.69, 9.17) is 16.3 Å². The first-order chi connectivity index (χ1) is 6.13. The summed E-state index contributed by atoms with van der Waals surface area (Å²) in [6.45, 7) is 1.82. The third-order valence-corrected chi connectivity index (χ3v) is 1.93. The molecule has 1 rings (SSSR count). The summed E-state index contributed by atoms with van der Waals surface area (Å²) in [5.41, 5.74) is 0.825. The summed E-state index contributed by atoms with van der Waals surface area (Å²) in [6, 6.07) is 4.53. The molecule has 0 aliphatic heterocycles. The van der Waals surface area contributed by atoms with E-state index in [9.17, 15) is 4.39 Å². The summed E-state index contributed by atoms with van der Waals surface area (Å²) in [7, 11) is 1.58. The zero-order valence-electron chi connectivity index (χ0n) is 7.47. The average molecular weight is 201 g/mol. The molecule has 0 radical (unpaired) electrons. The molecule has 13 heavy (non-hydrogen) atoms. The molecule has 70 valence electrons. The van der Waals surface area contributed by atoms with Crippen LogP contribution in [0.25, 0.3) is 6.08 Å². The fraction of sp³-hybridized carbons (Fsp3) is 0.200. The molecule has 0 amide bonds. The molecular formula is C10H10ClFO. The largest absolute Gasteiger partial charge is 0.501 e. The lowest BCUT2D eigenvalue weighted by molar-refractivity contribution is 0.297. The Labute approximate surface area is 81.8 Å². The van der Waals surface area contributed by atoms with Gasteiger partial charge in [-0.25, -0.2) is 4.39 Å². The number of hydrogen-bond acceptors (Lipinski definition) is 1. The zero-order valence-corrected chi connectivity index (χ0v) is 8.23. The van der Waals surface area contributed by atoms with Gasteiger partial charge in [-0.3, -0.25) is 0 Å². The van der Waals surface area contributed by atoms with Gasteiger partial charge in [-0.2, -0.15) is 0 Å². The topological polar surface area (TPSA) is 9.23 Å². The van der Waals surface area contributed by atoms with Crippen molar-refractivity contribution in [1.82, 2.24) is 0 Å². The Kier molecular flexibility index (Phi) is 3.32. The molecule has 0 saturated heterocycles. The minimum Gasteiger partial charge on any atom is -0.501 e. The maximum absolute atomic E-state index is 12.7. The van der Waals surface area contributed by atoms with E-state index in [0.29, 0.717) is 0 Å². The molecule has 0 fully saturated rings. The van der Waals surface area contributed by atoms with Crippen LogP contribution in [-0.4, -0.2) is 7.11 Å². The van der Waals surface area contributed by atoms with Crippen molar-refractivity contribution in [2.45, 2.75) is 6.92 Å². The predicted molar refractivity (Wildman–Crippen MR) is 52.1 cm³/mol. The van der Waals surface area contributed by atoms with Gasteiger partial charge in [0.1, 0.15) is 5.82 Å². The number of ether oxygens (including phenoxy) is 1. The van der Waals surface area contributed by atoms with Crippen LogP contribution in [-0.2, 0) is 4.74 Å². The normalized spacial score (nSPS) is 11.5. The summed E-state index contributed by atoms with van der Waals surface area (Å²) in [5, 5.41) is 0.123. The van der Waals surface area contributed by atoms with Gasteiger partial charge in [-0.1, -0.05) is 17.7 Å². The minimum absolute atomic E-state index is 0.123. The number of allylic oxidation sites excluding steroid dienone is 1. The lowest BCUT2D eigenvalue weighted by Gasteiger charge is -2.00. The molecule has 1 nitrogen and oxygen atoms in total. The number of benzene rings is 1. The van der Waals surface area contributed by atoms with E-state index >= 15 is 0 Å². The van der Waals surface area contributed by atoms with Crippen LogP contribution < -0.4 is 0 Å². The van der Waals surface area contributed by atoms with Gasteiger partial charge in [0.25, 0.3) is 0 Å². The molecule has 0 spiro atoms. The molecule has 0 N–H and O–H groups in total. The van der Waals surface area contributed by atoms with Crippen LogP contribution in [0.3, 0.4) is 0 Å². The highest BCUT2D eigenvalue weighted by Gasteiger charge is 1.98. The van der Waals surface area contributed by atoms with E-state index in [-0.39, 0.29) is 5.02 Å². The van der Waals surface area contributed by atoms with Gasteiger partial charge in [0.05, 0.1) is 17.9 Å². The average Bonchev–Trinajstić information content (AvgIpc) is 2.11. The number of hydrogen-bond donors (Lipinski definition) is 0. The first kappa shape index (κ1) is 10.1. The first-order valence-corrected chi connectivity index (χ1v) is 4.18. The van der Waals surface area contributed by atoms with Crippen molar-refractivity contribution in [2.24, 2.45) is 0 Å². The molecular weight excluding hydrogens is 191 g/mol. The maximum atomic E-state index is 12.7. The Morgan fingerprint density at radius 2 is 2.23 bits per heavy atom.